The van der Waals surface area contributed by atoms with Gasteiger partial charge in [0, 0.05) is 21.9 Å². The normalized spacial score (nSPS) is 13.2. The molecule has 0 saturated heterocycles. The molecule has 1 aliphatic rings. The molecule has 130 valence electrons. The second-order valence-corrected chi connectivity index (χ2v) is 8.57. The van der Waals surface area contributed by atoms with Crippen molar-refractivity contribution in [3.63, 3.8) is 0 Å². The van der Waals surface area contributed by atoms with Gasteiger partial charge in [0.15, 0.2) is 0 Å². The van der Waals surface area contributed by atoms with Gasteiger partial charge in [0.05, 0.1) is 5.56 Å². The van der Waals surface area contributed by atoms with E-state index in [1.165, 1.54) is 40.1 Å². The lowest BCUT2D eigenvalue weighted by Crippen LogP contribution is -2.10. The van der Waals surface area contributed by atoms with Gasteiger partial charge in [-0.3, -0.25) is 0 Å². The quantitative estimate of drug-likeness (QED) is 0.512. The first-order valence-corrected chi connectivity index (χ1v) is 10.8. The van der Waals surface area contributed by atoms with E-state index < -0.39 is 0 Å². The molecule has 0 atom stereocenters. The van der Waals surface area contributed by atoms with Gasteiger partial charge in [-0.15, -0.1) is 23.1 Å². The molecule has 1 aromatic carbocycles. The largest absolute Gasteiger partial charge is 0.245 e. The highest BCUT2D eigenvalue weighted by atomic mass is 32.2. The molecule has 4 rings (SSSR count). The lowest BCUT2D eigenvalue weighted by Gasteiger charge is -2.21. The number of pyridine rings is 1. The lowest BCUT2D eigenvalue weighted by atomic mass is 9.89. The number of aromatic nitrogens is 1. The first kappa shape index (κ1) is 17.3. The van der Waals surface area contributed by atoms with Crippen LogP contribution in [0, 0.1) is 18.3 Å². The number of nitriles is 1. The fourth-order valence-electron chi connectivity index (χ4n) is 3.46. The van der Waals surface area contributed by atoms with Crippen molar-refractivity contribution in [1.29, 1.82) is 5.26 Å². The molecule has 0 aliphatic heterocycles. The van der Waals surface area contributed by atoms with Crippen molar-refractivity contribution in [2.75, 3.05) is 0 Å². The molecule has 0 fully saturated rings. The van der Waals surface area contributed by atoms with E-state index in [0.29, 0.717) is 0 Å². The van der Waals surface area contributed by atoms with Crippen LogP contribution in [-0.4, -0.2) is 4.98 Å². The van der Waals surface area contributed by atoms with E-state index in [4.69, 9.17) is 4.98 Å². The number of benzene rings is 1. The maximum Gasteiger partial charge on any atom is 0.115 e. The molecule has 0 radical (unpaired) electrons. The molecule has 26 heavy (non-hydrogen) atoms. The second-order valence-electron chi connectivity index (χ2n) is 6.66. The van der Waals surface area contributed by atoms with Gasteiger partial charge in [-0.2, -0.15) is 5.26 Å². The molecule has 3 aromatic rings. The number of thiophene rings is 1. The third-order valence-electron chi connectivity index (χ3n) is 4.82. The lowest BCUT2D eigenvalue weighted by molar-refractivity contribution is 0.661. The molecule has 2 nitrogen and oxygen atoms in total. The number of thioether (sulfide) groups is 1. The summed E-state index contributed by atoms with van der Waals surface area (Å²) < 4.78 is 0. The van der Waals surface area contributed by atoms with Gasteiger partial charge in [-0.05, 0) is 55.2 Å². The van der Waals surface area contributed by atoms with Crippen LogP contribution in [0.25, 0.3) is 10.4 Å². The van der Waals surface area contributed by atoms with Crippen LogP contribution in [0.4, 0.5) is 0 Å². The smallest absolute Gasteiger partial charge is 0.115 e. The standard InChI is InChI=1S/C22H20N2S2/c1-15-8-10-16(11-9-15)14-26-22-18(13-23)21(20-7-4-12-25-20)17-5-2-3-6-19(17)24-22/h4,7-12H,2-3,5-6,14H2,1H3. The summed E-state index contributed by atoms with van der Waals surface area (Å²) in [4.78, 5) is 6.13. The number of fused-ring (bicyclic) bond motifs is 1. The Morgan fingerprint density at radius 2 is 1.96 bits per heavy atom. The Balaban J connectivity index is 1.75. The third-order valence-corrected chi connectivity index (χ3v) is 6.75. The van der Waals surface area contributed by atoms with Crippen molar-refractivity contribution in [2.24, 2.45) is 0 Å². The molecule has 1 aliphatic carbocycles. The van der Waals surface area contributed by atoms with E-state index in [1.807, 2.05) is 0 Å². The molecule has 0 unspecified atom stereocenters. The van der Waals surface area contributed by atoms with E-state index in [2.05, 4.69) is 54.8 Å². The zero-order valence-corrected chi connectivity index (χ0v) is 16.4. The zero-order valence-electron chi connectivity index (χ0n) is 14.8. The number of aryl methyl sites for hydroxylation is 2. The summed E-state index contributed by atoms with van der Waals surface area (Å²) in [6, 6.07) is 15.3. The highest BCUT2D eigenvalue weighted by Crippen LogP contribution is 2.40. The fourth-order valence-corrected chi connectivity index (χ4v) is 5.22. The maximum atomic E-state index is 9.93. The van der Waals surface area contributed by atoms with E-state index in [9.17, 15) is 5.26 Å². The highest BCUT2D eigenvalue weighted by Gasteiger charge is 2.23. The summed E-state index contributed by atoms with van der Waals surface area (Å²) >= 11 is 3.40. The Bertz CT molecular complexity index is 951. The molecule has 2 heterocycles. The molecule has 0 N–H and O–H groups in total. The Hall–Kier alpha value is -2.09. The van der Waals surface area contributed by atoms with E-state index in [0.717, 1.165) is 34.7 Å². The molecule has 0 saturated carbocycles. The van der Waals surface area contributed by atoms with Crippen molar-refractivity contribution < 1.29 is 0 Å². The van der Waals surface area contributed by atoms with Crippen molar-refractivity contribution >= 4 is 23.1 Å². The number of nitrogens with zero attached hydrogens (tertiary/aromatic N) is 2. The summed E-state index contributed by atoms with van der Waals surface area (Å²) in [7, 11) is 0. The molecule has 2 aromatic heterocycles. The van der Waals surface area contributed by atoms with E-state index in [-0.39, 0.29) is 0 Å². The van der Waals surface area contributed by atoms with Crippen LogP contribution in [0.3, 0.4) is 0 Å². The number of rotatable bonds is 4. The minimum absolute atomic E-state index is 0.755. The van der Waals surface area contributed by atoms with Crippen LogP contribution < -0.4 is 0 Å². The minimum Gasteiger partial charge on any atom is -0.245 e. The topological polar surface area (TPSA) is 36.7 Å². The Morgan fingerprint density at radius 3 is 2.69 bits per heavy atom. The number of hydrogen-bond donors (Lipinski definition) is 0. The fraction of sp³-hybridized carbons (Fsp3) is 0.273. The van der Waals surface area contributed by atoms with Crippen molar-refractivity contribution in [1.82, 2.24) is 4.98 Å². The van der Waals surface area contributed by atoms with Gasteiger partial charge in [0.25, 0.3) is 0 Å². The summed E-state index contributed by atoms with van der Waals surface area (Å²) in [6.07, 6.45) is 4.44. The Labute approximate surface area is 162 Å². The third kappa shape index (κ3) is 3.42. The summed E-state index contributed by atoms with van der Waals surface area (Å²) in [5.41, 5.74) is 6.92. The second kappa shape index (κ2) is 7.65. The predicted molar refractivity (Wildman–Crippen MR) is 110 cm³/mol. The van der Waals surface area contributed by atoms with Gasteiger partial charge in [0.2, 0.25) is 0 Å². The van der Waals surface area contributed by atoms with Crippen molar-refractivity contribution in [3.8, 4) is 16.5 Å². The van der Waals surface area contributed by atoms with Crippen LogP contribution in [0.2, 0.25) is 0 Å². The SMILES string of the molecule is Cc1ccc(CSc2nc3c(c(-c4cccs4)c2C#N)CCCC3)cc1. The van der Waals surface area contributed by atoms with Crippen LogP contribution >= 0.6 is 23.1 Å². The molecule has 0 spiro atoms. The number of hydrogen-bond acceptors (Lipinski definition) is 4. The molecule has 4 heteroatoms. The van der Waals surface area contributed by atoms with E-state index in [1.54, 1.807) is 23.1 Å². The predicted octanol–water partition coefficient (Wildman–Crippen LogP) is 6.16. The molecular weight excluding hydrogens is 356 g/mol. The van der Waals surface area contributed by atoms with Crippen molar-refractivity contribution in [2.45, 2.75) is 43.4 Å². The average molecular weight is 377 g/mol. The van der Waals surface area contributed by atoms with Crippen LogP contribution in [0.15, 0.2) is 46.8 Å². The van der Waals surface area contributed by atoms with Crippen molar-refractivity contribution in [3.05, 3.63) is 69.7 Å². The monoisotopic (exact) mass is 376 g/mol. The minimum atomic E-state index is 0.755. The van der Waals surface area contributed by atoms with Gasteiger partial charge >= 0.3 is 0 Å². The first-order chi connectivity index (χ1) is 12.8. The van der Waals surface area contributed by atoms with Crippen LogP contribution in [0.1, 0.15) is 40.8 Å². The van der Waals surface area contributed by atoms with Gasteiger partial charge in [-0.25, -0.2) is 4.98 Å². The van der Waals surface area contributed by atoms with Gasteiger partial charge in [-0.1, -0.05) is 35.9 Å². The molecular formula is C22H20N2S2. The zero-order chi connectivity index (χ0) is 17.9. The highest BCUT2D eigenvalue weighted by molar-refractivity contribution is 7.98. The van der Waals surface area contributed by atoms with Crippen LogP contribution in [-0.2, 0) is 18.6 Å². The molecule has 0 bridgehead atoms. The molecule has 0 amide bonds. The first-order valence-electron chi connectivity index (χ1n) is 8.94. The van der Waals surface area contributed by atoms with Crippen LogP contribution in [0.5, 0.6) is 0 Å². The summed E-state index contributed by atoms with van der Waals surface area (Å²) in [5, 5.41) is 12.9. The van der Waals surface area contributed by atoms with Gasteiger partial charge < -0.3 is 0 Å². The summed E-state index contributed by atoms with van der Waals surface area (Å²) in [5.74, 6) is 0.838. The average Bonchev–Trinajstić information content (AvgIpc) is 3.20. The van der Waals surface area contributed by atoms with E-state index >= 15 is 0 Å². The summed E-state index contributed by atoms with van der Waals surface area (Å²) in [6.45, 7) is 2.10. The van der Waals surface area contributed by atoms with Gasteiger partial charge in [0.1, 0.15) is 11.1 Å². The Kier molecular flexibility index (Phi) is 5.10. The Morgan fingerprint density at radius 1 is 1.15 bits per heavy atom. The maximum absolute atomic E-state index is 9.93.